The van der Waals surface area contributed by atoms with E-state index >= 15 is 0 Å². The van der Waals surface area contributed by atoms with Crippen molar-refractivity contribution in [1.29, 1.82) is 0 Å². The molecule has 1 aromatic heterocycles. The van der Waals surface area contributed by atoms with E-state index in [9.17, 15) is 5.11 Å². The summed E-state index contributed by atoms with van der Waals surface area (Å²) in [5, 5.41) is 10.5. The molecule has 0 spiro atoms. The Kier molecular flexibility index (Phi) is 3.84. The molecule has 21 heavy (non-hydrogen) atoms. The molecular formula is C18H17NO2. The Balaban J connectivity index is 1.87. The first-order chi connectivity index (χ1) is 10.3. The number of pyridine rings is 1. The van der Waals surface area contributed by atoms with Crippen molar-refractivity contribution in [2.45, 2.75) is 20.1 Å². The number of para-hydroxylation sites is 1. The van der Waals surface area contributed by atoms with Crippen LogP contribution in [-0.2, 0) is 13.2 Å². The van der Waals surface area contributed by atoms with Crippen LogP contribution in [-0.4, -0.2) is 10.1 Å². The van der Waals surface area contributed by atoms with Crippen LogP contribution in [0, 0.1) is 6.92 Å². The molecular weight excluding hydrogens is 262 g/mol. The van der Waals surface area contributed by atoms with Crippen molar-refractivity contribution >= 4 is 10.9 Å². The maximum absolute atomic E-state index is 9.42. The van der Waals surface area contributed by atoms with Gasteiger partial charge in [-0.2, -0.15) is 0 Å². The number of aliphatic hydroxyl groups excluding tert-OH is 1. The first-order valence-corrected chi connectivity index (χ1v) is 6.94. The minimum absolute atomic E-state index is 0.0230. The lowest BCUT2D eigenvalue weighted by atomic mass is 10.1. The molecule has 0 fully saturated rings. The van der Waals surface area contributed by atoms with Crippen LogP contribution in [0.25, 0.3) is 10.9 Å². The van der Waals surface area contributed by atoms with Gasteiger partial charge in [0.25, 0.3) is 0 Å². The number of benzene rings is 2. The number of ether oxygens (including phenoxy) is 1. The molecule has 3 rings (SSSR count). The molecule has 3 heteroatoms. The quantitative estimate of drug-likeness (QED) is 0.793. The molecule has 2 aromatic carbocycles. The van der Waals surface area contributed by atoms with Gasteiger partial charge in [0, 0.05) is 22.7 Å². The average molecular weight is 279 g/mol. The van der Waals surface area contributed by atoms with E-state index in [1.807, 2.05) is 55.5 Å². The third-order valence-electron chi connectivity index (χ3n) is 3.49. The largest absolute Gasteiger partial charge is 0.488 e. The molecule has 0 aliphatic rings. The third kappa shape index (κ3) is 2.88. The fraction of sp³-hybridized carbons (Fsp3) is 0.167. The van der Waals surface area contributed by atoms with Gasteiger partial charge in [-0.3, -0.25) is 4.98 Å². The molecule has 0 bridgehead atoms. The summed E-state index contributed by atoms with van der Waals surface area (Å²) in [6, 6.07) is 15.9. The number of fused-ring (bicyclic) bond motifs is 1. The Bertz CT molecular complexity index is 763. The first kappa shape index (κ1) is 13.6. The SMILES string of the molecule is Cc1ccc(OCc2cccc3cccnc23)c(CO)c1. The van der Waals surface area contributed by atoms with Gasteiger partial charge in [0.1, 0.15) is 12.4 Å². The van der Waals surface area contributed by atoms with Crippen LogP contribution in [0.5, 0.6) is 5.75 Å². The van der Waals surface area contributed by atoms with Crippen molar-refractivity contribution in [3.05, 3.63) is 71.4 Å². The van der Waals surface area contributed by atoms with E-state index < -0.39 is 0 Å². The van der Waals surface area contributed by atoms with Crippen molar-refractivity contribution in [2.24, 2.45) is 0 Å². The van der Waals surface area contributed by atoms with Crippen molar-refractivity contribution in [3.63, 3.8) is 0 Å². The van der Waals surface area contributed by atoms with Crippen LogP contribution < -0.4 is 4.74 Å². The number of hydrogen-bond donors (Lipinski definition) is 1. The van der Waals surface area contributed by atoms with Crippen molar-refractivity contribution < 1.29 is 9.84 Å². The highest BCUT2D eigenvalue weighted by atomic mass is 16.5. The van der Waals surface area contributed by atoms with Gasteiger partial charge < -0.3 is 9.84 Å². The standard InChI is InChI=1S/C18H17NO2/c1-13-7-8-17(16(10-13)11-20)21-12-15-5-2-4-14-6-3-9-19-18(14)15/h2-10,20H,11-12H2,1H3. The van der Waals surface area contributed by atoms with Crippen LogP contribution in [0.4, 0.5) is 0 Å². The minimum atomic E-state index is -0.0230. The number of hydrogen-bond acceptors (Lipinski definition) is 3. The highest BCUT2D eigenvalue weighted by Crippen LogP contribution is 2.23. The minimum Gasteiger partial charge on any atom is -0.488 e. The second-order valence-electron chi connectivity index (χ2n) is 5.05. The predicted octanol–water partition coefficient (Wildman–Crippen LogP) is 3.61. The molecule has 0 aliphatic heterocycles. The van der Waals surface area contributed by atoms with Gasteiger partial charge in [-0.05, 0) is 19.1 Å². The van der Waals surface area contributed by atoms with Gasteiger partial charge in [0.15, 0.2) is 0 Å². The Hall–Kier alpha value is -2.39. The molecule has 0 unspecified atom stereocenters. The van der Waals surface area contributed by atoms with E-state index in [1.165, 1.54) is 0 Å². The average Bonchev–Trinajstić information content (AvgIpc) is 2.53. The fourth-order valence-electron chi connectivity index (χ4n) is 2.41. The Morgan fingerprint density at radius 3 is 2.76 bits per heavy atom. The molecule has 3 nitrogen and oxygen atoms in total. The maximum atomic E-state index is 9.42. The molecule has 0 atom stereocenters. The van der Waals surface area contributed by atoms with E-state index in [0.717, 1.165) is 33.3 Å². The van der Waals surface area contributed by atoms with E-state index in [2.05, 4.69) is 4.98 Å². The monoisotopic (exact) mass is 279 g/mol. The molecule has 1 N–H and O–H groups in total. The molecule has 0 saturated carbocycles. The highest BCUT2D eigenvalue weighted by Gasteiger charge is 2.06. The Morgan fingerprint density at radius 2 is 1.90 bits per heavy atom. The maximum Gasteiger partial charge on any atom is 0.125 e. The number of aryl methyl sites for hydroxylation is 1. The molecule has 0 aliphatic carbocycles. The predicted molar refractivity (Wildman–Crippen MR) is 83.2 cm³/mol. The lowest BCUT2D eigenvalue weighted by Gasteiger charge is -2.12. The zero-order valence-electron chi connectivity index (χ0n) is 11.9. The molecule has 3 aromatic rings. The van der Waals surface area contributed by atoms with Crippen LogP contribution >= 0.6 is 0 Å². The summed E-state index contributed by atoms with van der Waals surface area (Å²) in [6.07, 6.45) is 1.79. The number of aliphatic hydroxyl groups is 1. The summed E-state index contributed by atoms with van der Waals surface area (Å²) in [6.45, 7) is 2.41. The summed E-state index contributed by atoms with van der Waals surface area (Å²) in [7, 11) is 0. The van der Waals surface area contributed by atoms with E-state index in [4.69, 9.17) is 4.74 Å². The lowest BCUT2D eigenvalue weighted by molar-refractivity contribution is 0.259. The number of nitrogens with zero attached hydrogens (tertiary/aromatic N) is 1. The highest BCUT2D eigenvalue weighted by molar-refractivity contribution is 5.81. The smallest absolute Gasteiger partial charge is 0.125 e. The molecule has 1 heterocycles. The van der Waals surface area contributed by atoms with Gasteiger partial charge in [0.2, 0.25) is 0 Å². The number of aromatic nitrogens is 1. The zero-order valence-corrected chi connectivity index (χ0v) is 11.9. The third-order valence-corrected chi connectivity index (χ3v) is 3.49. The van der Waals surface area contributed by atoms with Gasteiger partial charge in [-0.25, -0.2) is 0 Å². The molecule has 0 saturated heterocycles. The molecule has 0 amide bonds. The lowest BCUT2D eigenvalue weighted by Crippen LogP contribution is -2.00. The second kappa shape index (κ2) is 5.94. The van der Waals surface area contributed by atoms with E-state index in [0.29, 0.717) is 6.61 Å². The van der Waals surface area contributed by atoms with E-state index in [1.54, 1.807) is 6.20 Å². The zero-order chi connectivity index (χ0) is 14.7. The van der Waals surface area contributed by atoms with Crippen LogP contribution in [0.3, 0.4) is 0 Å². The van der Waals surface area contributed by atoms with E-state index in [-0.39, 0.29) is 6.61 Å². The Labute approximate surface area is 123 Å². The van der Waals surface area contributed by atoms with Crippen molar-refractivity contribution in [1.82, 2.24) is 4.98 Å². The van der Waals surface area contributed by atoms with Gasteiger partial charge in [0.05, 0.1) is 12.1 Å². The summed E-state index contributed by atoms with van der Waals surface area (Å²) in [5.74, 6) is 0.719. The van der Waals surface area contributed by atoms with Crippen molar-refractivity contribution in [2.75, 3.05) is 0 Å². The topological polar surface area (TPSA) is 42.4 Å². The summed E-state index contributed by atoms with van der Waals surface area (Å²) in [4.78, 5) is 4.42. The van der Waals surface area contributed by atoms with Crippen LogP contribution in [0.2, 0.25) is 0 Å². The normalized spacial score (nSPS) is 10.8. The second-order valence-corrected chi connectivity index (χ2v) is 5.05. The summed E-state index contributed by atoms with van der Waals surface area (Å²) < 4.78 is 5.88. The fourth-order valence-corrected chi connectivity index (χ4v) is 2.41. The van der Waals surface area contributed by atoms with Gasteiger partial charge >= 0.3 is 0 Å². The number of rotatable bonds is 4. The molecule has 0 radical (unpaired) electrons. The van der Waals surface area contributed by atoms with Gasteiger partial charge in [-0.15, -0.1) is 0 Å². The first-order valence-electron chi connectivity index (χ1n) is 6.94. The van der Waals surface area contributed by atoms with Crippen LogP contribution in [0.15, 0.2) is 54.7 Å². The van der Waals surface area contributed by atoms with Gasteiger partial charge in [-0.1, -0.05) is 42.0 Å². The molecule has 106 valence electrons. The van der Waals surface area contributed by atoms with Crippen molar-refractivity contribution in [3.8, 4) is 5.75 Å². The Morgan fingerprint density at radius 1 is 1.05 bits per heavy atom. The summed E-state index contributed by atoms with van der Waals surface area (Å²) >= 11 is 0. The summed E-state index contributed by atoms with van der Waals surface area (Å²) in [5.41, 5.74) is 3.91. The van der Waals surface area contributed by atoms with Crippen LogP contribution in [0.1, 0.15) is 16.7 Å².